The van der Waals surface area contributed by atoms with Crippen molar-refractivity contribution < 1.29 is 19.1 Å². The Morgan fingerprint density at radius 1 is 1.40 bits per heavy atom. The third kappa shape index (κ3) is 3.10. The Morgan fingerprint density at radius 2 is 2.20 bits per heavy atom. The fourth-order valence-electron chi connectivity index (χ4n) is 1.57. The highest BCUT2D eigenvalue weighted by Gasteiger charge is 2.17. The Morgan fingerprint density at radius 3 is 2.85 bits per heavy atom. The molecular weight excluding hydrogens is 267 g/mol. The van der Waals surface area contributed by atoms with Crippen molar-refractivity contribution in [2.45, 2.75) is 6.54 Å². The first-order chi connectivity index (χ1) is 9.58. The maximum Gasteiger partial charge on any atom is 0.340 e. The third-order valence-corrected chi connectivity index (χ3v) is 2.48. The lowest BCUT2D eigenvalue weighted by Gasteiger charge is -2.09. The summed E-state index contributed by atoms with van der Waals surface area (Å²) in [7, 11) is 0. The van der Waals surface area contributed by atoms with Crippen LogP contribution < -0.4 is 10.6 Å². The van der Waals surface area contributed by atoms with E-state index < -0.39 is 23.4 Å². The molecule has 0 saturated carbocycles. The molecule has 2 amide bonds. The molecule has 8 heteroatoms. The number of carboxylic acids is 1. The molecule has 2 rings (SSSR count). The summed E-state index contributed by atoms with van der Waals surface area (Å²) in [4.78, 5) is 22.6. The predicted octanol–water partition coefficient (Wildman–Crippen LogP) is 1.57. The third-order valence-electron chi connectivity index (χ3n) is 2.48. The van der Waals surface area contributed by atoms with E-state index in [1.165, 1.54) is 18.3 Å². The van der Waals surface area contributed by atoms with Crippen LogP contribution in [-0.2, 0) is 6.54 Å². The van der Waals surface area contributed by atoms with Gasteiger partial charge in [-0.15, -0.1) is 0 Å². The highest BCUT2D eigenvalue weighted by molar-refractivity contribution is 6.00. The van der Waals surface area contributed by atoms with Gasteiger partial charge in [-0.1, -0.05) is 6.07 Å². The lowest BCUT2D eigenvalue weighted by atomic mass is 10.1. The molecule has 1 heterocycles. The van der Waals surface area contributed by atoms with Crippen LogP contribution in [0, 0.1) is 5.82 Å². The van der Waals surface area contributed by atoms with Crippen LogP contribution in [0.3, 0.4) is 0 Å². The van der Waals surface area contributed by atoms with Gasteiger partial charge in [0.2, 0.25) is 0 Å². The summed E-state index contributed by atoms with van der Waals surface area (Å²) in [6.45, 7) is 0.208. The van der Waals surface area contributed by atoms with Gasteiger partial charge < -0.3 is 15.7 Å². The molecule has 0 fully saturated rings. The average Bonchev–Trinajstić information content (AvgIpc) is 2.89. The first kappa shape index (κ1) is 13.5. The number of carboxylic acid groups (broad SMARTS) is 1. The molecule has 7 nitrogen and oxygen atoms in total. The fraction of sp³-hybridized carbons (Fsp3) is 0.0833. The summed E-state index contributed by atoms with van der Waals surface area (Å²) in [6, 6.07) is 2.99. The topological polar surface area (TPSA) is 107 Å². The van der Waals surface area contributed by atoms with E-state index in [0.717, 1.165) is 11.6 Å². The zero-order valence-electron chi connectivity index (χ0n) is 10.2. The number of aromatic carboxylic acids is 1. The van der Waals surface area contributed by atoms with Gasteiger partial charge >= 0.3 is 12.0 Å². The van der Waals surface area contributed by atoms with E-state index in [9.17, 15) is 14.0 Å². The van der Waals surface area contributed by atoms with Gasteiger partial charge in [0.15, 0.2) is 0 Å². The summed E-state index contributed by atoms with van der Waals surface area (Å²) in [6.07, 6.45) is 3.14. The van der Waals surface area contributed by atoms with E-state index in [2.05, 4.69) is 20.8 Å². The summed E-state index contributed by atoms with van der Waals surface area (Å²) < 4.78 is 13.4. The largest absolute Gasteiger partial charge is 0.478 e. The van der Waals surface area contributed by atoms with Gasteiger partial charge in [-0.2, -0.15) is 5.10 Å². The van der Waals surface area contributed by atoms with Crippen molar-refractivity contribution in [3.8, 4) is 0 Å². The molecule has 0 radical (unpaired) electrons. The number of anilines is 1. The quantitative estimate of drug-likeness (QED) is 0.680. The maximum absolute atomic E-state index is 13.4. The molecule has 2 aromatic rings. The second-order valence-electron chi connectivity index (χ2n) is 3.88. The second-order valence-corrected chi connectivity index (χ2v) is 3.88. The molecule has 0 unspecified atom stereocenters. The average molecular weight is 278 g/mol. The molecule has 4 N–H and O–H groups in total. The standard InChI is InChI=1S/C12H11FN4O3/c13-8-2-1-3-9(10(8)11(18)19)17-12(20)14-4-7-5-15-16-6-7/h1-3,5-6H,4H2,(H,15,16)(H,18,19)(H2,14,17,20). The first-order valence-electron chi connectivity index (χ1n) is 5.62. The lowest BCUT2D eigenvalue weighted by Crippen LogP contribution is -2.29. The highest BCUT2D eigenvalue weighted by atomic mass is 19.1. The van der Waals surface area contributed by atoms with E-state index in [0.29, 0.717) is 0 Å². The van der Waals surface area contributed by atoms with Crippen LogP contribution in [0.4, 0.5) is 14.9 Å². The summed E-state index contributed by atoms with van der Waals surface area (Å²) in [5.74, 6) is -2.36. The second kappa shape index (κ2) is 5.83. The Hall–Kier alpha value is -2.90. The van der Waals surface area contributed by atoms with E-state index >= 15 is 0 Å². The minimum absolute atomic E-state index is 0.109. The molecule has 1 aromatic heterocycles. The zero-order valence-corrected chi connectivity index (χ0v) is 10.2. The molecule has 0 aliphatic heterocycles. The van der Waals surface area contributed by atoms with Crippen LogP contribution in [0.5, 0.6) is 0 Å². The molecule has 0 bridgehead atoms. The van der Waals surface area contributed by atoms with Gasteiger partial charge in [0, 0.05) is 18.3 Å². The van der Waals surface area contributed by atoms with Crippen molar-refractivity contribution in [1.82, 2.24) is 15.5 Å². The molecular formula is C12H11FN4O3. The number of urea groups is 1. The number of carbonyl (C=O) groups excluding carboxylic acids is 1. The smallest absolute Gasteiger partial charge is 0.340 e. The number of benzene rings is 1. The highest BCUT2D eigenvalue weighted by Crippen LogP contribution is 2.18. The molecule has 20 heavy (non-hydrogen) atoms. The van der Waals surface area contributed by atoms with Crippen LogP contribution in [0.1, 0.15) is 15.9 Å². The number of H-pyrrole nitrogens is 1. The van der Waals surface area contributed by atoms with E-state index in [1.807, 2.05) is 0 Å². The van der Waals surface area contributed by atoms with Gasteiger partial charge in [-0.3, -0.25) is 5.10 Å². The minimum Gasteiger partial charge on any atom is -0.478 e. The maximum atomic E-state index is 13.4. The lowest BCUT2D eigenvalue weighted by molar-refractivity contribution is 0.0693. The summed E-state index contributed by atoms with van der Waals surface area (Å²) in [5, 5.41) is 20.0. The van der Waals surface area contributed by atoms with E-state index in [1.54, 1.807) is 6.20 Å². The van der Waals surface area contributed by atoms with E-state index in [-0.39, 0.29) is 12.2 Å². The number of aromatic nitrogens is 2. The Bertz CT molecular complexity index is 628. The Labute approximate surface area is 112 Å². The van der Waals surface area contributed by atoms with Gasteiger partial charge in [0.1, 0.15) is 11.4 Å². The Balaban J connectivity index is 2.04. The summed E-state index contributed by atoms with van der Waals surface area (Å²) in [5.41, 5.74) is 0.0611. The number of hydrogen-bond acceptors (Lipinski definition) is 3. The van der Waals surface area contributed by atoms with E-state index in [4.69, 9.17) is 5.11 Å². The fourth-order valence-corrected chi connectivity index (χ4v) is 1.57. The Kier molecular flexibility index (Phi) is 3.94. The molecule has 0 aliphatic carbocycles. The molecule has 0 spiro atoms. The predicted molar refractivity (Wildman–Crippen MR) is 67.8 cm³/mol. The monoisotopic (exact) mass is 278 g/mol. The van der Waals surface area contributed by atoms with Crippen molar-refractivity contribution in [3.05, 3.63) is 47.5 Å². The molecule has 0 aliphatic rings. The van der Waals surface area contributed by atoms with Crippen molar-refractivity contribution in [2.75, 3.05) is 5.32 Å². The first-order valence-corrected chi connectivity index (χ1v) is 5.62. The molecule has 0 atom stereocenters. The molecule has 0 saturated heterocycles. The minimum atomic E-state index is -1.45. The van der Waals surface area contributed by atoms with Crippen molar-refractivity contribution >= 4 is 17.7 Å². The normalized spacial score (nSPS) is 10.1. The molecule has 104 valence electrons. The van der Waals surface area contributed by atoms with Gasteiger partial charge in [-0.05, 0) is 12.1 Å². The number of nitrogens with one attached hydrogen (secondary N) is 3. The summed E-state index contributed by atoms with van der Waals surface area (Å²) >= 11 is 0. The van der Waals surface area contributed by atoms with Gasteiger partial charge in [0.05, 0.1) is 11.9 Å². The number of hydrogen-bond donors (Lipinski definition) is 4. The van der Waals surface area contributed by atoms with Crippen LogP contribution in [-0.4, -0.2) is 27.3 Å². The van der Waals surface area contributed by atoms with Crippen molar-refractivity contribution in [1.29, 1.82) is 0 Å². The van der Waals surface area contributed by atoms with Crippen molar-refractivity contribution in [2.24, 2.45) is 0 Å². The number of rotatable bonds is 4. The van der Waals surface area contributed by atoms with Crippen LogP contribution >= 0.6 is 0 Å². The number of halogens is 1. The van der Waals surface area contributed by atoms with Crippen LogP contribution in [0.25, 0.3) is 0 Å². The number of nitrogens with zero attached hydrogens (tertiary/aromatic N) is 1. The van der Waals surface area contributed by atoms with Gasteiger partial charge in [0.25, 0.3) is 0 Å². The zero-order chi connectivity index (χ0) is 14.5. The van der Waals surface area contributed by atoms with Gasteiger partial charge in [-0.25, -0.2) is 14.0 Å². The SMILES string of the molecule is O=C(NCc1cn[nH]c1)Nc1cccc(F)c1C(=O)O. The molecule has 1 aromatic carbocycles. The van der Waals surface area contributed by atoms with Crippen LogP contribution in [0.15, 0.2) is 30.6 Å². The van der Waals surface area contributed by atoms with Crippen LogP contribution in [0.2, 0.25) is 0 Å². The number of amides is 2. The van der Waals surface area contributed by atoms with Crippen molar-refractivity contribution in [3.63, 3.8) is 0 Å². The number of aromatic amines is 1. The number of carbonyl (C=O) groups is 2.